The van der Waals surface area contributed by atoms with E-state index in [0.717, 1.165) is 32.0 Å². The Kier molecular flexibility index (Phi) is 4.89. The van der Waals surface area contributed by atoms with Crippen molar-refractivity contribution in [3.63, 3.8) is 0 Å². The highest BCUT2D eigenvalue weighted by Gasteiger charge is 2.13. The summed E-state index contributed by atoms with van der Waals surface area (Å²) in [5, 5.41) is 2.27. The smallest absolute Gasteiger partial charge is 0.139 e. The van der Waals surface area contributed by atoms with Crippen LogP contribution >= 0.6 is 15.9 Å². The minimum atomic E-state index is 0.913. The van der Waals surface area contributed by atoms with Crippen LogP contribution in [0.2, 0.25) is 0 Å². The Morgan fingerprint density at radius 3 is 1.88 bits per heavy atom. The molecular weight excluding hydrogens is 468 g/mol. The van der Waals surface area contributed by atoms with Gasteiger partial charge < -0.3 is 4.42 Å². The monoisotopic (exact) mass is 488 g/mol. The van der Waals surface area contributed by atoms with Crippen LogP contribution in [0.4, 0.5) is 0 Å². The number of hydrogen-bond acceptors (Lipinski definition) is 1. The summed E-state index contributed by atoms with van der Waals surface area (Å²) in [6.07, 6.45) is 0. The van der Waals surface area contributed by atoms with Crippen molar-refractivity contribution in [2.75, 3.05) is 0 Å². The summed E-state index contributed by atoms with van der Waals surface area (Å²) in [4.78, 5) is 0. The Morgan fingerprint density at radius 2 is 1.12 bits per heavy atom. The van der Waals surface area contributed by atoms with Crippen molar-refractivity contribution in [2.24, 2.45) is 0 Å². The van der Waals surface area contributed by atoms with E-state index in [1.54, 1.807) is 0 Å². The number of furan rings is 1. The molecule has 0 N–H and O–H groups in total. The van der Waals surface area contributed by atoms with Gasteiger partial charge in [-0.15, -0.1) is 0 Å². The average molecular weight is 489 g/mol. The lowest BCUT2D eigenvalue weighted by Gasteiger charge is -2.08. The Hall–Kier alpha value is -3.62. The summed E-state index contributed by atoms with van der Waals surface area (Å²) in [5.41, 5.74) is 10.3. The molecule has 158 valence electrons. The highest BCUT2D eigenvalue weighted by molar-refractivity contribution is 9.10. The molecule has 0 saturated carbocycles. The molecule has 2 heteroatoms. The van der Waals surface area contributed by atoms with Crippen LogP contribution in [0.25, 0.3) is 55.3 Å². The molecule has 6 rings (SSSR count). The van der Waals surface area contributed by atoms with Crippen LogP contribution in [-0.4, -0.2) is 0 Å². The minimum absolute atomic E-state index is 0.913. The van der Waals surface area contributed by atoms with Crippen LogP contribution in [0.5, 0.6) is 0 Å². The largest absolute Gasteiger partial charge is 0.456 e. The van der Waals surface area contributed by atoms with Crippen LogP contribution in [-0.2, 0) is 0 Å². The third-order valence-corrected chi connectivity index (χ3v) is 6.95. The van der Waals surface area contributed by atoms with Gasteiger partial charge in [0.1, 0.15) is 11.2 Å². The molecule has 0 aliphatic rings. The predicted molar refractivity (Wildman–Crippen MR) is 142 cm³/mol. The molecule has 0 radical (unpaired) electrons. The molecule has 0 saturated heterocycles. The molecule has 0 spiro atoms. The average Bonchev–Trinajstić information content (AvgIpc) is 3.27. The van der Waals surface area contributed by atoms with Gasteiger partial charge in [0.2, 0.25) is 0 Å². The number of aryl methyl sites for hydroxylation is 1. The zero-order chi connectivity index (χ0) is 22.4. The van der Waals surface area contributed by atoms with Crippen LogP contribution in [0, 0.1) is 6.92 Å². The van der Waals surface area contributed by atoms with Crippen LogP contribution in [0.1, 0.15) is 5.56 Å². The topological polar surface area (TPSA) is 13.1 Å². The first kappa shape index (κ1) is 20.0. The summed E-state index contributed by atoms with van der Waals surface area (Å²) in [6.45, 7) is 2.09. The van der Waals surface area contributed by atoms with Gasteiger partial charge in [0.25, 0.3) is 0 Å². The molecule has 5 aromatic carbocycles. The first-order chi connectivity index (χ1) is 16.2. The van der Waals surface area contributed by atoms with E-state index in [1.807, 2.05) is 6.07 Å². The summed E-state index contributed by atoms with van der Waals surface area (Å²) < 4.78 is 7.23. The molecule has 0 aliphatic carbocycles. The van der Waals surface area contributed by atoms with Gasteiger partial charge in [-0.25, -0.2) is 0 Å². The van der Waals surface area contributed by atoms with Crippen molar-refractivity contribution >= 4 is 37.9 Å². The van der Waals surface area contributed by atoms with Gasteiger partial charge in [-0.2, -0.15) is 0 Å². The molecule has 0 amide bonds. The summed E-state index contributed by atoms with van der Waals surface area (Å²) in [7, 11) is 0. The van der Waals surface area contributed by atoms with Gasteiger partial charge in [0.15, 0.2) is 0 Å². The van der Waals surface area contributed by atoms with Crippen molar-refractivity contribution in [2.45, 2.75) is 6.92 Å². The van der Waals surface area contributed by atoms with Crippen LogP contribution in [0.15, 0.2) is 118 Å². The van der Waals surface area contributed by atoms with Gasteiger partial charge in [0.05, 0.1) is 0 Å². The molecular formula is C31H21BrO. The van der Waals surface area contributed by atoms with Crippen molar-refractivity contribution < 1.29 is 4.42 Å². The van der Waals surface area contributed by atoms with Gasteiger partial charge in [0, 0.05) is 15.2 Å². The number of hydrogen-bond donors (Lipinski definition) is 0. The first-order valence-electron chi connectivity index (χ1n) is 11.0. The van der Waals surface area contributed by atoms with Gasteiger partial charge in [-0.1, -0.05) is 101 Å². The van der Waals surface area contributed by atoms with Gasteiger partial charge in [-0.05, 0) is 70.1 Å². The van der Waals surface area contributed by atoms with Crippen LogP contribution < -0.4 is 0 Å². The number of fused-ring (bicyclic) bond motifs is 3. The number of rotatable bonds is 3. The normalized spacial score (nSPS) is 11.3. The fourth-order valence-corrected chi connectivity index (χ4v) is 5.04. The predicted octanol–water partition coefficient (Wildman–Crippen LogP) is 9.66. The van der Waals surface area contributed by atoms with Crippen molar-refractivity contribution in [3.8, 4) is 33.4 Å². The fraction of sp³-hybridized carbons (Fsp3) is 0.0323. The third-order valence-electron chi connectivity index (χ3n) is 6.29. The molecule has 0 bridgehead atoms. The summed E-state index contributed by atoms with van der Waals surface area (Å²) in [6, 6.07) is 38.7. The standard InChI is InChI=1S/C31H21BrO/c1-20-10-16-28(32)30-27-19-26(15-17-29(27)33-31(20)30)25-9-5-8-24(18-25)23-13-11-22(12-14-23)21-6-3-2-4-7-21/h2-19H,1H3. The van der Waals surface area contributed by atoms with Crippen molar-refractivity contribution in [1.29, 1.82) is 0 Å². The number of benzene rings is 5. The van der Waals surface area contributed by atoms with Gasteiger partial charge in [-0.3, -0.25) is 0 Å². The molecule has 0 unspecified atom stereocenters. The molecule has 0 fully saturated rings. The Labute approximate surface area is 201 Å². The lowest BCUT2D eigenvalue weighted by Crippen LogP contribution is -1.83. The first-order valence-corrected chi connectivity index (χ1v) is 11.8. The maximum Gasteiger partial charge on any atom is 0.139 e. The second-order valence-corrected chi connectivity index (χ2v) is 9.26. The molecule has 1 aromatic heterocycles. The van der Waals surface area contributed by atoms with E-state index >= 15 is 0 Å². The van der Waals surface area contributed by atoms with E-state index in [0.29, 0.717) is 0 Å². The summed E-state index contributed by atoms with van der Waals surface area (Å²) >= 11 is 3.72. The number of halogens is 1. The molecule has 6 aromatic rings. The van der Waals surface area contributed by atoms with E-state index < -0.39 is 0 Å². The second kappa shape index (κ2) is 8.06. The molecule has 0 aliphatic heterocycles. The SMILES string of the molecule is Cc1ccc(Br)c2c1oc1ccc(-c3cccc(-c4ccc(-c5ccccc5)cc4)c3)cc12. The summed E-state index contributed by atoms with van der Waals surface area (Å²) in [5.74, 6) is 0. The van der Waals surface area contributed by atoms with E-state index in [1.165, 1.54) is 33.4 Å². The maximum absolute atomic E-state index is 6.17. The Balaban J connectivity index is 1.40. The van der Waals surface area contributed by atoms with E-state index in [9.17, 15) is 0 Å². The minimum Gasteiger partial charge on any atom is -0.456 e. The van der Waals surface area contributed by atoms with Crippen molar-refractivity contribution in [3.05, 3.63) is 119 Å². The highest BCUT2D eigenvalue weighted by atomic mass is 79.9. The second-order valence-electron chi connectivity index (χ2n) is 8.41. The lowest BCUT2D eigenvalue weighted by atomic mass is 9.96. The van der Waals surface area contributed by atoms with E-state index in [4.69, 9.17) is 4.42 Å². The van der Waals surface area contributed by atoms with E-state index in [-0.39, 0.29) is 0 Å². The molecule has 1 nitrogen and oxygen atoms in total. The fourth-order valence-electron chi connectivity index (χ4n) is 4.51. The molecule has 0 atom stereocenters. The van der Waals surface area contributed by atoms with E-state index in [2.05, 4.69) is 126 Å². The van der Waals surface area contributed by atoms with Gasteiger partial charge >= 0.3 is 0 Å². The van der Waals surface area contributed by atoms with Crippen molar-refractivity contribution in [1.82, 2.24) is 0 Å². The zero-order valence-corrected chi connectivity index (χ0v) is 19.8. The molecule has 1 heterocycles. The maximum atomic E-state index is 6.17. The zero-order valence-electron chi connectivity index (χ0n) is 18.2. The quantitative estimate of drug-likeness (QED) is 0.241. The lowest BCUT2D eigenvalue weighted by molar-refractivity contribution is 0.665. The Bertz CT molecular complexity index is 1610. The van der Waals surface area contributed by atoms with Crippen LogP contribution in [0.3, 0.4) is 0 Å². The molecule has 33 heavy (non-hydrogen) atoms. The third kappa shape index (κ3) is 3.57. The Morgan fingerprint density at radius 1 is 0.545 bits per heavy atom. The highest BCUT2D eigenvalue weighted by Crippen LogP contribution is 2.38.